The summed E-state index contributed by atoms with van der Waals surface area (Å²) in [6.45, 7) is 14.2. The van der Waals surface area contributed by atoms with Crippen LogP contribution in [-0.4, -0.2) is 59.8 Å². The van der Waals surface area contributed by atoms with Gasteiger partial charge >= 0.3 is 6.09 Å². The van der Waals surface area contributed by atoms with Gasteiger partial charge in [-0.05, 0) is 53.1 Å². The molecular formula is C16H33N3O2. The minimum Gasteiger partial charge on any atom is -0.444 e. The third-order valence-electron chi connectivity index (χ3n) is 4.38. The van der Waals surface area contributed by atoms with Gasteiger partial charge in [-0.1, -0.05) is 13.8 Å². The van der Waals surface area contributed by atoms with E-state index >= 15 is 0 Å². The van der Waals surface area contributed by atoms with E-state index in [1.165, 1.54) is 0 Å². The maximum Gasteiger partial charge on any atom is 0.410 e. The molecule has 5 nitrogen and oxygen atoms in total. The summed E-state index contributed by atoms with van der Waals surface area (Å²) in [6, 6.07) is 0. The van der Waals surface area contributed by atoms with Crippen LogP contribution in [-0.2, 0) is 4.74 Å². The highest BCUT2D eigenvalue weighted by molar-refractivity contribution is 5.68. The SMILES string of the molecule is CCN(CC)C1(CN)CCCN(C(=O)OC(C)(C)C)CC1. The van der Waals surface area contributed by atoms with Gasteiger partial charge in [-0.25, -0.2) is 4.79 Å². The Hall–Kier alpha value is -0.810. The van der Waals surface area contributed by atoms with Crippen LogP contribution in [0.15, 0.2) is 0 Å². The zero-order valence-corrected chi connectivity index (χ0v) is 14.4. The van der Waals surface area contributed by atoms with Gasteiger partial charge in [0.25, 0.3) is 0 Å². The van der Waals surface area contributed by atoms with Gasteiger partial charge in [0.2, 0.25) is 0 Å². The summed E-state index contributed by atoms with van der Waals surface area (Å²) < 4.78 is 5.49. The number of likely N-dealkylation sites (N-methyl/N-ethyl adjacent to an activating group) is 1. The lowest BCUT2D eigenvalue weighted by Gasteiger charge is -2.42. The van der Waals surface area contributed by atoms with Crippen molar-refractivity contribution in [3.63, 3.8) is 0 Å². The molecule has 0 bridgehead atoms. The average Bonchev–Trinajstić information content (AvgIpc) is 2.62. The van der Waals surface area contributed by atoms with Gasteiger partial charge in [-0.3, -0.25) is 4.90 Å². The molecule has 0 radical (unpaired) electrons. The molecule has 21 heavy (non-hydrogen) atoms. The Bertz CT molecular complexity index is 337. The molecule has 5 heteroatoms. The van der Waals surface area contributed by atoms with Crippen molar-refractivity contribution in [3.05, 3.63) is 0 Å². The number of ether oxygens (including phenoxy) is 1. The third kappa shape index (κ3) is 4.85. The second-order valence-electron chi connectivity index (χ2n) is 6.92. The lowest BCUT2D eigenvalue weighted by Crippen LogP contribution is -2.54. The van der Waals surface area contributed by atoms with Crippen LogP contribution in [0.3, 0.4) is 0 Å². The maximum atomic E-state index is 12.2. The Morgan fingerprint density at radius 1 is 1.24 bits per heavy atom. The Morgan fingerprint density at radius 2 is 1.86 bits per heavy atom. The first-order valence-corrected chi connectivity index (χ1v) is 8.21. The smallest absolute Gasteiger partial charge is 0.410 e. The number of hydrogen-bond acceptors (Lipinski definition) is 4. The Balaban J connectivity index is 2.74. The summed E-state index contributed by atoms with van der Waals surface area (Å²) in [6.07, 6.45) is 2.75. The summed E-state index contributed by atoms with van der Waals surface area (Å²) in [5.74, 6) is 0. The van der Waals surface area contributed by atoms with E-state index in [2.05, 4.69) is 18.7 Å². The molecule has 1 aliphatic heterocycles. The average molecular weight is 299 g/mol. The van der Waals surface area contributed by atoms with Crippen LogP contribution in [0.25, 0.3) is 0 Å². The topological polar surface area (TPSA) is 58.8 Å². The molecule has 0 saturated carbocycles. The van der Waals surface area contributed by atoms with E-state index in [-0.39, 0.29) is 11.6 Å². The molecule has 1 rings (SSSR count). The van der Waals surface area contributed by atoms with E-state index in [0.717, 1.165) is 45.4 Å². The third-order valence-corrected chi connectivity index (χ3v) is 4.38. The monoisotopic (exact) mass is 299 g/mol. The lowest BCUT2D eigenvalue weighted by molar-refractivity contribution is 0.0241. The molecule has 0 aromatic heterocycles. The van der Waals surface area contributed by atoms with Crippen LogP contribution in [0.4, 0.5) is 4.79 Å². The van der Waals surface area contributed by atoms with Gasteiger partial charge in [-0.2, -0.15) is 0 Å². The number of hydrogen-bond donors (Lipinski definition) is 1. The second kappa shape index (κ2) is 7.45. The standard InChI is InChI=1S/C16H33N3O2/c1-6-19(7-2)16(13-17)9-8-11-18(12-10-16)14(20)21-15(3,4)5/h6-13,17H2,1-5H3. The molecule has 0 aromatic rings. The fourth-order valence-corrected chi connectivity index (χ4v) is 3.23. The van der Waals surface area contributed by atoms with Gasteiger partial charge < -0.3 is 15.4 Å². The molecule has 1 aliphatic rings. The van der Waals surface area contributed by atoms with Gasteiger partial charge in [0, 0.05) is 25.2 Å². The van der Waals surface area contributed by atoms with Crippen LogP contribution < -0.4 is 5.73 Å². The van der Waals surface area contributed by atoms with Crippen LogP contribution >= 0.6 is 0 Å². The first-order chi connectivity index (χ1) is 9.78. The number of rotatable bonds is 4. The summed E-state index contributed by atoms with van der Waals surface area (Å²) in [5.41, 5.74) is 5.70. The number of amides is 1. The quantitative estimate of drug-likeness (QED) is 0.866. The first-order valence-electron chi connectivity index (χ1n) is 8.21. The van der Waals surface area contributed by atoms with Crippen molar-refractivity contribution < 1.29 is 9.53 Å². The summed E-state index contributed by atoms with van der Waals surface area (Å²) in [5, 5.41) is 0. The largest absolute Gasteiger partial charge is 0.444 e. The van der Waals surface area contributed by atoms with Crippen molar-refractivity contribution in [1.29, 1.82) is 0 Å². The highest BCUT2D eigenvalue weighted by Gasteiger charge is 2.37. The maximum absolute atomic E-state index is 12.2. The molecule has 124 valence electrons. The number of carbonyl (C=O) groups is 1. The van der Waals surface area contributed by atoms with E-state index in [9.17, 15) is 4.79 Å². The number of likely N-dealkylation sites (tertiary alicyclic amines) is 1. The van der Waals surface area contributed by atoms with E-state index in [0.29, 0.717) is 6.54 Å². The summed E-state index contributed by atoms with van der Waals surface area (Å²) in [4.78, 5) is 16.5. The van der Waals surface area contributed by atoms with E-state index in [4.69, 9.17) is 10.5 Å². The molecule has 1 fully saturated rings. The highest BCUT2D eigenvalue weighted by atomic mass is 16.6. The second-order valence-corrected chi connectivity index (χ2v) is 6.92. The van der Waals surface area contributed by atoms with Crippen molar-refractivity contribution in [1.82, 2.24) is 9.80 Å². The first kappa shape index (κ1) is 18.2. The lowest BCUT2D eigenvalue weighted by atomic mass is 9.88. The number of nitrogens with two attached hydrogens (primary N) is 1. The van der Waals surface area contributed by atoms with E-state index in [1.807, 2.05) is 25.7 Å². The van der Waals surface area contributed by atoms with E-state index in [1.54, 1.807) is 0 Å². The molecule has 2 N–H and O–H groups in total. The molecular weight excluding hydrogens is 266 g/mol. The summed E-state index contributed by atoms with van der Waals surface area (Å²) in [7, 11) is 0. The summed E-state index contributed by atoms with van der Waals surface area (Å²) >= 11 is 0. The zero-order chi connectivity index (χ0) is 16.1. The van der Waals surface area contributed by atoms with Crippen molar-refractivity contribution in [2.24, 2.45) is 5.73 Å². The molecule has 0 aliphatic carbocycles. The van der Waals surface area contributed by atoms with Crippen LogP contribution in [0.1, 0.15) is 53.9 Å². The fourth-order valence-electron chi connectivity index (χ4n) is 3.23. The highest BCUT2D eigenvalue weighted by Crippen LogP contribution is 2.28. The Morgan fingerprint density at radius 3 is 2.33 bits per heavy atom. The van der Waals surface area contributed by atoms with Gasteiger partial charge in [0.05, 0.1) is 0 Å². The molecule has 1 unspecified atom stereocenters. The predicted molar refractivity (Wildman–Crippen MR) is 86.4 cm³/mol. The molecule has 1 amide bonds. The molecule has 1 heterocycles. The van der Waals surface area contributed by atoms with Gasteiger partial charge in [-0.15, -0.1) is 0 Å². The van der Waals surface area contributed by atoms with Crippen molar-refractivity contribution >= 4 is 6.09 Å². The fraction of sp³-hybridized carbons (Fsp3) is 0.938. The Labute approximate surface area is 129 Å². The Kier molecular flexibility index (Phi) is 6.47. The minimum atomic E-state index is -0.437. The number of nitrogens with zero attached hydrogens (tertiary/aromatic N) is 2. The van der Waals surface area contributed by atoms with Crippen molar-refractivity contribution in [2.75, 3.05) is 32.7 Å². The van der Waals surface area contributed by atoms with E-state index < -0.39 is 5.60 Å². The van der Waals surface area contributed by atoms with Crippen molar-refractivity contribution in [2.45, 2.75) is 65.0 Å². The minimum absolute atomic E-state index is 0.0280. The number of carbonyl (C=O) groups excluding carboxylic acids is 1. The molecule has 0 spiro atoms. The zero-order valence-electron chi connectivity index (χ0n) is 14.4. The van der Waals surface area contributed by atoms with Gasteiger partial charge in [0.15, 0.2) is 0 Å². The van der Waals surface area contributed by atoms with Crippen LogP contribution in [0, 0.1) is 0 Å². The molecule has 0 aromatic carbocycles. The molecule has 1 saturated heterocycles. The van der Waals surface area contributed by atoms with Crippen LogP contribution in [0.5, 0.6) is 0 Å². The van der Waals surface area contributed by atoms with Crippen LogP contribution in [0.2, 0.25) is 0 Å². The normalized spacial score (nSPS) is 24.0. The molecule has 1 atom stereocenters. The van der Waals surface area contributed by atoms with Crippen molar-refractivity contribution in [3.8, 4) is 0 Å². The van der Waals surface area contributed by atoms with Gasteiger partial charge in [0.1, 0.15) is 5.60 Å². The predicted octanol–water partition coefficient (Wildman–Crippen LogP) is 2.45.